The second-order valence-corrected chi connectivity index (χ2v) is 8.50. The SMILES string of the molecule is CC(C)CN(C(=O)CCl)c1nc(-c2ccccc2Cl)c(-c2ccc(Cl)cc2)cc1C#N. The molecular formula is C24H20Cl3N3O. The zero-order valence-electron chi connectivity index (χ0n) is 17.1. The van der Waals surface area contributed by atoms with Crippen LogP contribution < -0.4 is 4.90 Å². The number of amides is 1. The minimum atomic E-state index is -0.316. The van der Waals surface area contributed by atoms with Gasteiger partial charge in [-0.1, -0.05) is 67.4 Å². The van der Waals surface area contributed by atoms with E-state index in [-0.39, 0.29) is 29.1 Å². The summed E-state index contributed by atoms with van der Waals surface area (Å²) < 4.78 is 0. The molecule has 7 heteroatoms. The number of benzene rings is 2. The minimum Gasteiger partial charge on any atom is -0.294 e. The monoisotopic (exact) mass is 471 g/mol. The van der Waals surface area contributed by atoms with Gasteiger partial charge in [0.15, 0.2) is 5.82 Å². The Labute approximate surface area is 197 Å². The quantitative estimate of drug-likeness (QED) is 0.370. The van der Waals surface area contributed by atoms with Gasteiger partial charge >= 0.3 is 0 Å². The standard InChI is InChI=1S/C24H20Cl3N3O/c1-15(2)14-30(22(31)12-25)24-17(13-28)11-20(16-7-9-18(26)10-8-16)23(29-24)19-5-3-4-6-21(19)27/h3-11,15H,12,14H2,1-2H3. The highest BCUT2D eigenvalue weighted by Crippen LogP contribution is 2.38. The molecule has 0 aliphatic rings. The Morgan fingerprint density at radius 1 is 1.10 bits per heavy atom. The van der Waals surface area contributed by atoms with Crippen molar-refractivity contribution < 1.29 is 4.79 Å². The van der Waals surface area contributed by atoms with E-state index < -0.39 is 0 Å². The van der Waals surface area contributed by atoms with E-state index in [9.17, 15) is 10.1 Å². The molecule has 0 bridgehead atoms. The first-order chi connectivity index (χ1) is 14.8. The Balaban J connectivity index is 2.33. The summed E-state index contributed by atoms with van der Waals surface area (Å²) in [5.74, 6) is -0.0991. The smallest absolute Gasteiger partial charge is 0.243 e. The van der Waals surface area contributed by atoms with Gasteiger partial charge in [-0.3, -0.25) is 9.69 Å². The fraction of sp³-hybridized carbons (Fsp3) is 0.208. The van der Waals surface area contributed by atoms with Crippen LogP contribution in [0.15, 0.2) is 54.6 Å². The summed E-state index contributed by atoms with van der Waals surface area (Å²) in [4.78, 5) is 18.9. The van der Waals surface area contributed by atoms with Gasteiger partial charge in [-0.25, -0.2) is 4.98 Å². The molecule has 0 spiro atoms. The number of nitrogens with zero attached hydrogens (tertiary/aromatic N) is 3. The molecule has 0 saturated heterocycles. The van der Waals surface area contributed by atoms with Gasteiger partial charge in [0.25, 0.3) is 0 Å². The zero-order chi connectivity index (χ0) is 22.5. The molecule has 4 nitrogen and oxygen atoms in total. The zero-order valence-corrected chi connectivity index (χ0v) is 19.3. The molecule has 0 atom stereocenters. The number of rotatable bonds is 6. The summed E-state index contributed by atoms with van der Waals surface area (Å²) in [6.45, 7) is 4.35. The maximum atomic E-state index is 12.6. The summed E-state index contributed by atoms with van der Waals surface area (Å²) in [5, 5.41) is 11.0. The van der Waals surface area contributed by atoms with Crippen LogP contribution in [0.3, 0.4) is 0 Å². The van der Waals surface area contributed by atoms with Gasteiger partial charge in [0.05, 0.1) is 11.3 Å². The molecule has 31 heavy (non-hydrogen) atoms. The summed E-state index contributed by atoms with van der Waals surface area (Å²) >= 11 is 18.4. The lowest BCUT2D eigenvalue weighted by Gasteiger charge is -2.25. The number of carbonyl (C=O) groups is 1. The molecule has 3 aromatic rings. The largest absolute Gasteiger partial charge is 0.294 e. The molecule has 2 aromatic carbocycles. The van der Waals surface area contributed by atoms with E-state index in [1.165, 1.54) is 4.90 Å². The van der Waals surface area contributed by atoms with E-state index in [1.807, 2.05) is 44.2 Å². The first-order valence-electron chi connectivity index (χ1n) is 9.68. The van der Waals surface area contributed by atoms with Crippen molar-refractivity contribution in [3.8, 4) is 28.5 Å². The molecule has 3 rings (SSSR count). The number of anilines is 1. The van der Waals surface area contributed by atoms with Crippen LogP contribution in [0.25, 0.3) is 22.4 Å². The number of pyridine rings is 1. The molecular weight excluding hydrogens is 453 g/mol. The first-order valence-corrected chi connectivity index (χ1v) is 11.0. The minimum absolute atomic E-state index is 0.153. The van der Waals surface area contributed by atoms with Crippen LogP contribution in [0, 0.1) is 17.2 Å². The normalized spacial score (nSPS) is 10.7. The van der Waals surface area contributed by atoms with Gasteiger partial charge in [0.2, 0.25) is 5.91 Å². The number of alkyl halides is 1. The molecule has 0 fully saturated rings. The van der Waals surface area contributed by atoms with Gasteiger partial charge in [-0.2, -0.15) is 5.26 Å². The Hall–Kier alpha value is -2.58. The van der Waals surface area contributed by atoms with Crippen LogP contribution in [-0.2, 0) is 4.79 Å². The average Bonchev–Trinajstić information content (AvgIpc) is 2.77. The Morgan fingerprint density at radius 2 is 1.77 bits per heavy atom. The molecule has 0 aliphatic heterocycles. The van der Waals surface area contributed by atoms with Crippen LogP contribution in [0.1, 0.15) is 19.4 Å². The Bertz CT molecular complexity index is 1140. The van der Waals surface area contributed by atoms with Crippen molar-refractivity contribution in [2.75, 3.05) is 17.3 Å². The van der Waals surface area contributed by atoms with E-state index in [2.05, 4.69) is 6.07 Å². The van der Waals surface area contributed by atoms with Crippen molar-refractivity contribution in [3.05, 3.63) is 70.2 Å². The van der Waals surface area contributed by atoms with Gasteiger partial charge < -0.3 is 0 Å². The third kappa shape index (κ3) is 5.19. The van der Waals surface area contributed by atoms with Gasteiger partial charge in [-0.15, -0.1) is 11.6 Å². The van der Waals surface area contributed by atoms with Crippen LogP contribution in [0.5, 0.6) is 0 Å². The second-order valence-electron chi connectivity index (χ2n) is 7.39. The van der Waals surface area contributed by atoms with E-state index in [0.717, 1.165) is 5.56 Å². The Morgan fingerprint density at radius 3 is 2.35 bits per heavy atom. The van der Waals surface area contributed by atoms with Crippen LogP contribution in [0.4, 0.5) is 5.82 Å². The summed E-state index contributed by atoms with van der Waals surface area (Å²) in [6.07, 6.45) is 0. The number of carbonyl (C=O) groups excluding carboxylic acids is 1. The van der Waals surface area contributed by atoms with E-state index in [1.54, 1.807) is 24.3 Å². The van der Waals surface area contributed by atoms with Crippen LogP contribution in [0.2, 0.25) is 10.0 Å². The van der Waals surface area contributed by atoms with Gasteiger partial charge in [0.1, 0.15) is 11.9 Å². The van der Waals surface area contributed by atoms with Crippen LogP contribution in [-0.4, -0.2) is 23.3 Å². The van der Waals surface area contributed by atoms with Crippen LogP contribution >= 0.6 is 34.8 Å². The third-order valence-corrected chi connectivity index (χ3v) is 5.44. The fourth-order valence-electron chi connectivity index (χ4n) is 3.24. The highest BCUT2D eigenvalue weighted by Gasteiger charge is 2.24. The van der Waals surface area contributed by atoms with Crippen molar-refractivity contribution in [2.45, 2.75) is 13.8 Å². The third-order valence-electron chi connectivity index (χ3n) is 4.63. The number of aromatic nitrogens is 1. The number of halogens is 3. The maximum absolute atomic E-state index is 12.6. The summed E-state index contributed by atoms with van der Waals surface area (Å²) in [7, 11) is 0. The highest BCUT2D eigenvalue weighted by molar-refractivity contribution is 6.33. The molecule has 1 amide bonds. The summed E-state index contributed by atoms with van der Waals surface area (Å²) in [5.41, 5.74) is 3.09. The van der Waals surface area contributed by atoms with Crippen molar-refractivity contribution in [2.24, 2.45) is 5.92 Å². The van der Waals surface area contributed by atoms with Crippen molar-refractivity contribution in [1.82, 2.24) is 4.98 Å². The fourth-order valence-corrected chi connectivity index (χ4v) is 3.74. The van der Waals surface area contributed by atoms with E-state index in [4.69, 9.17) is 39.8 Å². The van der Waals surface area contributed by atoms with Crippen molar-refractivity contribution in [1.29, 1.82) is 5.26 Å². The lowest BCUT2D eigenvalue weighted by atomic mass is 9.97. The van der Waals surface area contributed by atoms with Gasteiger partial charge in [-0.05, 0) is 35.7 Å². The highest BCUT2D eigenvalue weighted by atomic mass is 35.5. The van der Waals surface area contributed by atoms with Crippen molar-refractivity contribution in [3.63, 3.8) is 0 Å². The molecule has 0 aliphatic carbocycles. The molecule has 1 heterocycles. The number of hydrogen-bond donors (Lipinski definition) is 0. The predicted octanol–water partition coefficient (Wildman–Crippen LogP) is 6.82. The lowest BCUT2D eigenvalue weighted by molar-refractivity contribution is -0.116. The first kappa shape index (κ1) is 23.1. The van der Waals surface area contributed by atoms with E-state index in [0.29, 0.717) is 33.4 Å². The van der Waals surface area contributed by atoms with Crippen molar-refractivity contribution >= 4 is 46.5 Å². The maximum Gasteiger partial charge on any atom is 0.243 e. The van der Waals surface area contributed by atoms with Gasteiger partial charge in [0, 0.05) is 27.7 Å². The lowest BCUT2D eigenvalue weighted by Crippen LogP contribution is -2.36. The van der Waals surface area contributed by atoms with E-state index >= 15 is 0 Å². The molecule has 0 radical (unpaired) electrons. The number of hydrogen-bond acceptors (Lipinski definition) is 3. The molecule has 158 valence electrons. The average molecular weight is 473 g/mol. The molecule has 1 aromatic heterocycles. The molecule has 0 unspecified atom stereocenters. The second kappa shape index (κ2) is 10.2. The summed E-state index contributed by atoms with van der Waals surface area (Å²) in [6, 6.07) is 18.5. The Kier molecular flexibility index (Phi) is 7.56. The topological polar surface area (TPSA) is 57.0 Å². The molecule has 0 N–H and O–H groups in total. The predicted molar refractivity (Wildman–Crippen MR) is 128 cm³/mol. The number of nitriles is 1. The molecule has 0 saturated carbocycles.